The highest BCUT2D eigenvalue weighted by Gasteiger charge is 2.33. The van der Waals surface area contributed by atoms with Crippen molar-refractivity contribution in [2.75, 3.05) is 24.6 Å². The second kappa shape index (κ2) is 14.4. The fourth-order valence-electron chi connectivity index (χ4n) is 3.67. The van der Waals surface area contributed by atoms with E-state index >= 15 is 0 Å². The second-order valence-corrected chi connectivity index (χ2v) is 11.2. The number of unbranched alkanes of at least 4 members (excludes halogenated alkanes) is 7. The van der Waals surface area contributed by atoms with Crippen LogP contribution in [0.25, 0.3) is 0 Å². The summed E-state index contributed by atoms with van der Waals surface area (Å²) in [4.78, 5) is 0. The lowest BCUT2D eigenvalue weighted by atomic mass is 10.1. The van der Waals surface area contributed by atoms with Gasteiger partial charge >= 0.3 is 0 Å². The molecule has 0 aromatic carbocycles. The van der Waals surface area contributed by atoms with E-state index < -0.39 is 7.26 Å². The van der Waals surface area contributed by atoms with Gasteiger partial charge < -0.3 is 0 Å². The molecule has 0 N–H and O–H groups in total. The first-order valence-electron chi connectivity index (χ1n) is 9.59. The van der Waals surface area contributed by atoms with Crippen molar-refractivity contribution in [2.24, 2.45) is 0 Å². The standard InChI is InChI=1S/C19H42P/c1-5-9-10-11-12-13-14-15-19-20(16-6-2,17-7-3)18-8-4/h5-19H2,1-4H3/q+1. The minimum Gasteiger partial charge on any atom is -0.0654 e. The van der Waals surface area contributed by atoms with Crippen molar-refractivity contribution in [1.29, 1.82) is 0 Å². The summed E-state index contributed by atoms with van der Waals surface area (Å²) in [5.41, 5.74) is 0. The zero-order chi connectivity index (χ0) is 15.1. The fourth-order valence-corrected chi connectivity index (χ4v) is 8.76. The predicted octanol–water partition coefficient (Wildman–Crippen LogP) is 7.37. The van der Waals surface area contributed by atoms with Gasteiger partial charge in [0.1, 0.15) is 0 Å². The Balaban J connectivity index is 3.82. The summed E-state index contributed by atoms with van der Waals surface area (Å²) in [5, 5.41) is 0. The van der Waals surface area contributed by atoms with Crippen LogP contribution in [0.1, 0.15) is 98.3 Å². The lowest BCUT2D eigenvalue weighted by Gasteiger charge is -2.27. The molecule has 0 bridgehead atoms. The first kappa shape index (κ1) is 20.4. The summed E-state index contributed by atoms with van der Waals surface area (Å²) in [5.74, 6) is 0. The molecule has 0 aliphatic rings. The van der Waals surface area contributed by atoms with Crippen LogP contribution in [0.3, 0.4) is 0 Å². The van der Waals surface area contributed by atoms with Gasteiger partial charge in [-0.15, -0.1) is 0 Å². The largest absolute Gasteiger partial charge is 0.0654 e. The highest BCUT2D eigenvalue weighted by atomic mass is 31.2. The van der Waals surface area contributed by atoms with Crippen LogP contribution >= 0.6 is 7.26 Å². The number of rotatable bonds is 15. The molecule has 0 atom stereocenters. The van der Waals surface area contributed by atoms with Crippen molar-refractivity contribution in [2.45, 2.75) is 98.3 Å². The first-order chi connectivity index (χ1) is 9.74. The molecular weight excluding hydrogens is 259 g/mol. The third-order valence-corrected chi connectivity index (χ3v) is 10.0. The van der Waals surface area contributed by atoms with Crippen LogP contribution in [0, 0.1) is 0 Å². The molecule has 0 amide bonds. The van der Waals surface area contributed by atoms with Gasteiger partial charge in [-0.1, -0.05) is 66.2 Å². The summed E-state index contributed by atoms with van der Waals surface area (Å²) in [6, 6.07) is 0. The summed E-state index contributed by atoms with van der Waals surface area (Å²) >= 11 is 0. The summed E-state index contributed by atoms with van der Waals surface area (Å²) < 4.78 is 0. The van der Waals surface area contributed by atoms with Crippen molar-refractivity contribution in [3.8, 4) is 0 Å². The lowest BCUT2D eigenvalue weighted by Crippen LogP contribution is -2.11. The second-order valence-electron chi connectivity index (χ2n) is 6.71. The van der Waals surface area contributed by atoms with Gasteiger partial charge in [-0.25, -0.2) is 0 Å². The molecule has 0 unspecified atom stereocenters. The Hall–Kier alpha value is 0.430. The highest BCUT2D eigenvalue weighted by Crippen LogP contribution is 2.60. The van der Waals surface area contributed by atoms with Gasteiger partial charge in [0, 0.05) is 7.26 Å². The van der Waals surface area contributed by atoms with Gasteiger partial charge in [-0.05, 0) is 32.1 Å². The van der Waals surface area contributed by atoms with Crippen LogP contribution in [0.5, 0.6) is 0 Å². The number of hydrogen-bond acceptors (Lipinski definition) is 0. The third-order valence-electron chi connectivity index (χ3n) is 4.58. The van der Waals surface area contributed by atoms with Gasteiger partial charge in [-0.2, -0.15) is 0 Å². The van der Waals surface area contributed by atoms with Gasteiger partial charge in [0.15, 0.2) is 0 Å². The Morgan fingerprint density at radius 2 is 0.800 bits per heavy atom. The molecule has 0 fully saturated rings. The Morgan fingerprint density at radius 1 is 0.400 bits per heavy atom. The fraction of sp³-hybridized carbons (Fsp3) is 1.00. The van der Waals surface area contributed by atoms with E-state index in [0.29, 0.717) is 0 Å². The van der Waals surface area contributed by atoms with E-state index in [0.717, 1.165) is 0 Å². The molecule has 0 radical (unpaired) electrons. The molecule has 0 aliphatic carbocycles. The van der Waals surface area contributed by atoms with Crippen LogP contribution in [-0.4, -0.2) is 24.6 Å². The zero-order valence-electron chi connectivity index (χ0n) is 15.1. The molecule has 122 valence electrons. The van der Waals surface area contributed by atoms with E-state index in [1.165, 1.54) is 70.6 Å². The minimum absolute atomic E-state index is 0.562. The number of hydrogen-bond donors (Lipinski definition) is 0. The first-order valence-corrected chi connectivity index (χ1v) is 12.1. The zero-order valence-corrected chi connectivity index (χ0v) is 15.9. The van der Waals surface area contributed by atoms with Gasteiger partial charge in [0.05, 0.1) is 24.6 Å². The molecule has 0 aliphatic heterocycles. The van der Waals surface area contributed by atoms with Crippen molar-refractivity contribution in [1.82, 2.24) is 0 Å². The molecule has 0 saturated heterocycles. The van der Waals surface area contributed by atoms with E-state index in [-0.39, 0.29) is 0 Å². The molecule has 0 aromatic rings. The monoisotopic (exact) mass is 301 g/mol. The SMILES string of the molecule is CCCCCCCCCC[P+](CCC)(CCC)CCC. The van der Waals surface area contributed by atoms with Crippen LogP contribution in [0.2, 0.25) is 0 Å². The van der Waals surface area contributed by atoms with Crippen molar-refractivity contribution in [3.05, 3.63) is 0 Å². The lowest BCUT2D eigenvalue weighted by molar-refractivity contribution is 0.585. The molecule has 0 aromatic heterocycles. The molecular formula is C19H42P+. The van der Waals surface area contributed by atoms with E-state index in [2.05, 4.69) is 27.7 Å². The normalized spacial score (nSPS) is 12.0. The van der Waals surface area contributed by atoms with Crippen LogP contribution in [0.4, 0.5) is 0 Å². The Kier molecular flexibility index (Phi) is 14.7. The van der Waals surface area contributed by atoms with E-state index in [9.17, 15) is 0 Å². The summed E-state index contributed by atoms with van der Waals surface area (Å²) in [6.07, 6.45) is 22.4. The molecule has 0 saturated carbocycles. The van der Waals surface area contributed by atoms with E-state index in [1.807, 2.05) is 0 Å². The molecule has 0 rings (SSSR count). The smallest absolute Gasteiger partial charge is 0.0594 e. The highest BCUT2D eigenvalue weighted by molar-refractivity contribution is 7.75. The maximum absolute atomic E-state index is 2.40. The Labute approximate surface area is 130 Å². The Bertz CT molecular complexity index is 171. The summed E-state index contributed by atoms with van der Waals surface area (Å²) in [7, 11) is -0.562. The van der Waals surface area contributed by atoms with Crippen molar-refractivity contribution < 1.29 is 0 Å². The average molecular weight is 302 g/mol. The maximum Gasteiger partial charge on any atom is 0.0594 e. The Morgan fingerprint density at radius 3 is 1.20 bits per heavy atom. The predicted molar refractivity (Wildman–Crippen MR) is 99.9 cm³/mol. The maximum atomic E-state index is 2.40. The minimum atomic E-state index is -0.562. The van der Waals surface area contributed by atoms with Crippen molar-refractivity contribution >= 4 is 7.26 Å². The molecule has 0 nitrogen and oxygen atoms in total. The van der Waals surface area contributed by atoms with Crippen molar-refractivity contribution in [3.63, 3.8) is 0 Å². The molecule has 0 spiro atoms. The average Bonchev–Trinajstić information content (AvgIpc) is 2.43. The third kappa shape index (κ3) is 10.2. The quantitative estimate of drug-likeness (QED) is 0.219. The van der Waals surface area contributed by atoms with Crippen LogP contribution in [0.15, 0.2) is 0 Å². The van der Waals surface area contributed by atoms with Crippen LogP contribution < -0.4 is 0 Å². The van der Waals surface area contributed by atoms with Crippen LogP contribution in [-0.2, 0) is 0 Å². The topological polar surface area (TPSA) is 0 Å². The van der Waals surface area contributed by atoms with E-state index in [4.69, 9.17) is 0 Å². The van der Waals surface area contributed by atoms with Gasteiger partial charge in [-0.3, -0.25) is 0 Å². The van der Waals surface area contributed by atoms with E-state index in [1.54, 1.807) is 24.6 Å². The molecule has 1 heteroatoms. The molecule has 0 heterocycles. The summed E-state index contributed by atoms with van der Waals surface area (Å²) in [6.45, 7) is 9.49. The van der Waals surface area contributed by atoms with Gasteiger partial charge in [0.25, 0.3) is 0 Å². The van der Waals surface area contributed by atoms with Gasteiger partial charge in [0.2, 0.25) is 0 Å². The molecule has 20 heavy (non-hydrogen) atoms.